The summed E-state index contributed by atoms with van der Waals surface area (Å²) in [5.74, 6) is -6.04. The molecule has 0 aromatic heterocycles. The average molecular weight is 518 g/mol. The highest BCUT2D eigenvalue weighted by atomic mass is 35.5. The number of anilines is 1. The fourth-order valence-corrected chi connectivity index (χ4v) is 7.64. The molecule has 1 unspecified atom stereocenters. The largest absolute Gasteiger partial charge is 0.393 e. The van der Waals surface area contributed by atoms with Gasteiger partial charge in [-0.2, -0.15) is 0 Å². The number of aliphatic hydroxyl groups excluding tert-OH is 1. The highest BCUT2D eigenvalue weighted by molar-refractivity contribution is 7.91. The van der Waals surface area contributed by atoms with Gasteiger partial charge in [0.2, 0.25) is 0 Å². The number of nitrogens with one attached hydrogen (secondary N) is 1. The molecule has 0 saturated heterocycles. The molecule has 2 aliphatic carbocycles. The van der Waals surface area contributed by atoms with E-state index in [0.717, 1.165) is 18.9 Å². The van der Waals surface area contributed by atoms with Crippen molar-refractivity contribution < 1.29 is 36.6 Å². The van der Waals surface area contributed by atoms with Crippen molar-refractivity contribution in [3.63, 3.8) is 0 Å². The Morgan fingerprint density at radius 1 is 1.09 bits per heavy atom. The van der Waals surface area contributed by atoms with E-state index < -0.39 is 38.8 Å². The van der Waals surface area contributed by atoms with Gasteiger partial charge >= 0.3 is 0 Å². The van der Waals surface area contributed by atoms with E-state index >= 15 is 0 Å². The summed E-state index contributed by atoms with van der Waals surface area (Å²) in [6.07, 6.45) is 2.16. The maximum absolute atomic E-state index is 13.4. The third-order valence-electron chi connectivity index (χ3n) is 6.88. The minimum atomic E-state index is -3.93. The van der Waals surface area contributed by atoms with Gasteiger partial charge in [-0.25, -0.2) is 21.6 Å². The monoisotopic (exact) mass is 517 g/mol. The van der Waals surface area contributed by atoms with Crippen molar-refractivity contribution in [2.45, 2.75) is 36.2 Å². The van der Waals surface area contributed by atoms with Crippen LogP contribution in [0, 0.1) is 35.2 Å². The summed E-state index contributed by atoms with van der Waals surface area (Å²) >= 11 is 6.15. The molecule has 0 radical (unpaired) electrons. The summed E-state index contributed by atoms with van der Waals surface area (Å²) in [7, 11) is -3.93. The molecule has 6 nitrogen and oxygen atoms in total. The molecule has 1 amide bonds. The highest BCUT2D eigenvalue weighted by Crippen LogP contribution is 2.51. The molecule has 0 heterocycles. The second-order valence-corrected chi connectivity index (χ2v) is 11.6. The van der Waals surface area contributed by atoms with Crippen molar-refractivity contribution in [3.8, 4) is 0 Å². The molecule has 2 saturated carbocycles. The lowest BCUT2D eigenvalue weighted by Gasteiger charge is -2.40. The molecule has 184 valence electrons. The number of halogens is 4. The zero-order chi connectivity index (χ0) is 24.8. The van der Waals surface area contributed by atoms with Crippen molar-refractivity contribution >= 4 is 33.0 Å². The van der Waals surface area contributed by atoms with Crippen LogP contribution < -0.4 is 5.32 Å². The van der Waals surface area contributed by atoms with Gasteiger partial charge in [0, 0.05) is 23.4 Å². The summed E-state index contributed by atoms with van der Waals surface area (Å²) in [5.41, 5.74) is -1.65. The van der Waals surface area contributed by atoms with Gasteiger partial charge in [0.05, 0.1) is 27.9 Å². The van der Waals surface area contributed by atoms with Gasteiger partial charge in [-0.05, 0) is 61.6 Å². The summed E-state index contributed by atoms with van der Waals surface area (Å²) < 4.78 is 66.5. The van der Waals surface area contributed by atoms with Crippen LogP contribution in [0.15, 0.2) is 35.2 Å². The second-order valence-electron chi connectivity index (χ2n) is 9.19. The molecule has 2 bridgehead atoms. The Bertz CT molecular complexity index is 1200. The van der Waals surface area contributed by atoms with E-state index in [1.807, 2.05) is 0 Å². The molecule has 0 aliphatic heterocycles. The van der Waals surface area contributed by atoms with Crippen molar-refractivity contribution in [3.05, 3.63) is 58.4 Å². The minimum Gasteiger partial charge on any atom is -0.393 e. The van der Waals surface area contributed by atoms with Gasteiger partial charge in [0.1, 0.15) is 0 Å². The van der Waals surface area contributed by atoms with Crippen molar-refractivity contribution in [2.24, 2.45) is 17.8 Å². The Hall–Kier alpha value is -2.14. The number of fused-ring (bicyclic) bond motifs is 2. The molecule has 2 aromatic carbocycles. The van der Waals surface area contributed by atoms with Crippen LogP contribution in [-0.4, -0.2) is 42.5 Å². The highest BCUT2D eigenvalue weighted by Gasteiger charge is 2.49. The molecule has 34 heavy (non-hydrogen) atoms. The fourth-order valence-electron chi connectivity index (χ4n) is 5.27. The lowest BCUT2D eigenvalue weighted by molar-refractivity contribution is -0.0736. The summed E-state index contributed by atoms with van der Waals surface area (Å²) in [5, 5.41) is 22.1. The molecule has 3 N–H and O–H groups in total. The molecule has 4 rings (SSSR count). The summed E-state index contributed by atoms with van der Waals surface area (Å²) in [6, 6.07) is 4.82. The van der Waals surface area contributed by atoms with Crippen LogP contribution in [0.4, 0.5) is 18.9 Å². The van der Waals surface area contributed by atoms with Crippen molar-refractivity contribution in [2.75, 3.05) is 17.7 Å². The summed E-state index contributed by atoms with van der Waals surface area (Å²) in [6.45, 7) is -0.371. The molecule has 2 aliphatic rings. The SMILES string of the molecule is O=C(Nc1cc(F)c(F)c(F)c1)c1ccc(Cl)c(S(=O)(=O)C[C@H]2C3CC[C@H]2C[C@](O)(CO)C3)c1. The van der Waals surface area contributed by atoms with E-state index in [0.29, 0.717) is 25.0 Å². The van der Waals surface area contributed by atoms with Crippen LogP contribution in [0.2, 0.25) is 5.02 Å². The normalized spacial score (nSPS) is 26.5. The van der Waals surface area contributed by atoms with Gasteiger partial charge in [-0.15, -0.1) is 0 Å². The molecule has 4 atom stereocenters. The molecule has 2 aromatic rings. The topological polar surface area (TPSA) is 104 Å². The Kier molecular flexibility index (Phi) is 6.71. The maximum atomic E-state index is 13.4. The standard InChI is InChI=1S/C23H23ClF3NO5S/c24-17-4-3-12(22(30)28-15-6-18(25)21(27)19(26)7-15)5-20(17)34(32,33)10-16-13-1-2-14(16)9-23(31,8-13)11-29/h3-7,13-14,16,29,31H,1-2,8-11H2,(H,28,30)/t13-,14?,16+,23+/m0/s1. The Labute approximate surface area is 199 Å². The number of carbonyl (C=O) groups is 1. The van der Waals surface area contributed by atoms with E-state index in [9.17, 15) is 36.6 Å². The first-order valence-electron chi connectivity index (χ1n) is 10.7. The quantitative estimate of drug-likeness (QED) is 0.504. The number of rotatable bonds is 6. The number of benzene rings is 2. The Morgan fingerprint density at radius 2 is 1.68 bits per heavy atom. The van der Waals surface area contributed by atoms with E-state index in [-0.39, 0.29) is 51.3 Å². The number of aliphatic hydroxyl groups is 2. The summed E-state index contributed by atoms with van der Waals surface area (Å²) in [4.78, 5) is 12.3. The molecule has 2 fully saturated rings. The fraction of sp³-hybridized carbons (Fsp3) is 0.435. The number of sulfone groups is 1. The van der Waals surface area contributed by atoms with E-state index in [1.54, 1.807) is 0 Å². The van der Waals surface area contributed by atoms with Crippen LogP contribution in [-0.2, 0) is 9.84 Å². The zero-order valence-corrected chi connectivity index (χ0v) is 19.5. The average Bonchev–Trinajstić information content (AvgIpc) is 3.00. The third-order valence-corrected chi connectivity index (χ3v) is 9.15. The zero-order valence-electron chi connectivity index (χ0n) is 17.9. The molecule has 11 heteroatoms. The van der Waals surface area contributed by atoms with E-state index in [2.05, 4.69) is 5.32 Å². The minimum absolute atomic E-state index is 0.0563. The van der Waals surface area contributed by atoms with Crippen LogP contribution >= 0.6 is 11.6 Å². The predicted molar refractivity (Wildman–Crippen MR) is 119 cm³/mol. The number of carbonyl (C=O) groups excluding carboxylic acids is 1. The van der Waals surface area contributed by atoms with E-state index in [1.165, 1.54) is 12.1 Å². The van der Waals surface area contributed by atoms with Crippen LogP contribution in [0.3, 0.4) is 0 Å². The lowest BCUT2D eigenvalue weighted by atomic mass is 9.72. The van der Waals surface area contributed by atoms with Gasteiger partial charge < -0.3 is 15.5 Å². The number of hydrogen-bond donors (Lipinski definition) is 3. The van der Waals surface area contributed by atoms with Crippen LogP contribution in [0.25, 0.3) is 0 Å². The molecular weight excluding hydrogens is 495 g/mol. The molecular formula is C23H23ClF3NO5S. The first kappa shape index (κ1) is 25.0. The van der Waals surface area contributed by atoms with Crippen molar-refractivity contribution in [1.82, 2.24) is 0 Å². The number of amides is 1. The smallest absolute Gasteiger partial charge is 0.255 e. The van der Waals surface area contributed by atoms with E-state index in [4.69, 9.17) is 11.6 Å². The molecule has 0 spiro atoms. The van der Waals surface area contributed by atoms with Crippen LogP contribution in [0.1, 0.15) is 36.0 Å². The van der Waals surface area contributed by atoms with Crippen LogP contribution in [0.5, 0.6) is 0 Å². The predicted octanol–water partition coefficient (Wildman–Crippen LogP) is 3.94. The third kappa shape index (κ3) is 4.82. The van der Waals surface area contributed by atoms with Crippen molar-refractivity contribution in [1.29, 1.82) is 0 Å². The Balaban J connectivity index is 1.55. The maximum Gasteiger partial charge on any atom is 0.255 e. The number of hydrogen-bond acceptors (Lipinski definition) is 5. The van der Waals surface area contributed by atoms with Gasteiger partial charge in [-0.1, -0.05) is 11.6 Å². The van der Waals surface area contributed by atoms with Gasteiger partial charge in [0.25, 0.3) is 5.91 Å². The second kappa shape index (κ2) is 9.14. The lowest BCUT2D eigenvalue weighted by Crippen LogP contribution is -2.44. The first-order valence-corrected chi connectivity index (χ1v) is 12.8. The first-order chi connectivity index (χ1) is 15.9. The van der Waals surface area contributed by atoms with Gasteiger partial charge in [-0.3, -0.25) is 4.79 Å². The van der Waals surface area contributed by atoms with Gasteiger partial charge in [0.15, 0.2) is 27.3 Å². The Morgan fingerprint density at radius 3 is 2.24 bits per heavy atom.